The maximum absolute atomic E-state index is 12.3. The minimum atomic E-state index is -3.61. The van der Waals surface area contributed by atoms with Gasteiger partial charge in [-0.15, -0.1) is 0 Å². The molecule has 1 N–H and O–H groups in total. The first-order valence-corrected chi connectivity index (χ1v) is 8.14. The van der Waals surface area contributed by atoms with Gasteiger partial charge in [-0.05, 0) is 17.9 Å². The van der Waals surface area contributed by atoms with Gasteiger partial charge in [0.15, 0.2) is 0 Å². The van der Waals surface area contributed by atoms with Crippen LogP contribution in [0.5, 0.6) is 0 Å². The summed E-state index contributed by atoms with van der Waals surface area (Å²) >= 11 is 0. The summed E-state index contributed by atoms with van der Waals surface area (Å²) in [7, 11) is -2.28. The fraction of sp³-hybridized carbons (Fsp3) is 0.500. The standard InChI is InChI=1S/C14H21NO4S/c1-4-13(14(16)17)15(3)20(18,19)10-11(2)12-8-6-5-7-9-12/h5-9,11,13H,4,10H2,1-3H3,(H,16,17). The van der Waals surface area contributed by atoms with Crippen LogP contribution >= 0.6 is 0 Å². The van der Waals surface area contributed by atoms with E-state index in [-0.39, 0.29) is 18.1 Å². The summed E-state index contributed by atoms with van der Waals surface area (Å²) in [6.45, 7) is 3.48. The summed E-state index contributed by atoms with van der Waals surface area (Å²) in [5.74, 6) is -1.40. The molecule has 0 heterocycles. The van der Waals surface area contributed by atoms with Crippen LogP contribution in [0.3, 0.4) is 0 Å². The highest BCUT2D eigenvalue weighted by Gasteiger charge is 2.31. The molecule has 20 heavy (non-hydrogen) atoms. The summed E-state index contributed by atoms with van der Waals surface area (Å²) in [5, 5.41) is 9.05. The van der Waals surface area contributed by atoms with Crippen LogP contribution in [0, 0.1) is 0 Å². The van der Waals surface area contributed by atoms with Gasteiger partial charge in [0.1, 0.15) is 6.04 Å². The molecule has 0 amide bonds. The molecule has 112 valence electrons. The molecular weight excluding hydrogens is 278 g/mol. The number of nitrogens with zero attached hydrogens (tertiary/aromatic N) is 1. The van der Waals surface area contributed by atoms with Crippen LogP contribution in [0.4, 0.5) is 0 Å². The smallest absolute Gasteiger partial charge is 0.321 e. The zero-order valence-electron chi connectivity index (χ0n) is 12.0. The number of benzene rings is 1. The fourth-order valence-corrected chi connectivity index (χ4v) is 3.78. The lowest BCUT2D eigenvalue weighted by molar-refractivity contribution is -0.141. The van der Waals surface area contributed by atoms with Gasteiger partial charge in [-0.25, -0.2) is 8.42 Å². The topological polar surface area (TPSA) is 74.7 Å². The maximum atomic E-state index is 12.3. The molecule has 0 saturated heterocycles. The molecule has 5 nitrogen and oxygen atoms in total. The van der Waals surface area contributed by atoms with Gasteiger partial charge < -0.3 is 5.11 Å². The molecule has 1 rings (SSSR count). The van der Waals surface area contributed by atoms with Gasteiger partial charge in [-0.2, -0.15) is 4.31 Å². The molecule has 0 bridgehead atoms. The third-order valence-corrected chi connectivity index (χ3v) is 5.43. The molecule has 0 aliphatic carbocycles. The molecule has 0 aromatic heterocycles. The number of likely N-dealkylation sites (N-methyl/N-ethyl adjacent to an activating group) is 1. The molecule has 1 aromatic rings. The Morgan fingerprint density at radius 1 is 1.30 bits per heavy atom. The van der Waals surface area contributed by atoms with E-state index in [9.17, 15) is 13.2 Å². The van der Waals surface area contributed by atoms with Crippen molar-refractivity contribution >= 4 is 16.0 Å². The summed E-state index contributed by atoms with van der Waals surface area (Å²) in [5.41, 5.74) is 0.924. The van der Waals surface area contributed by atoms with Crippen LogP contribution in [-0.4, -0.2) is 42.6 Å². The second-order valence-electron chi connectivity index (χ2n) is 4.87. The van der Waals surface area contributed by atoms with Crippen molar-refractivity contribution in [1.82, 2.24) is 4.31 Å². The van der Waals surface area contributed by atoms with Gasteiger partial charge in [0, 0.05) is 7.05 Å². The molecule has 0 fully saturated rings. The molecule has 0 spiro atoms. The fourth-order valence-electron chi connectivity index (χ4n) is 2.09. The molecule has 2 atom stereocenters. The van der Waals surface area contributed by atoms with E-state index >= 15 is 0 Å². The Bertz CT molecular complexity index is 542. The van der Waals surface area contributed by atoms with E-state index in [4.69, 9.17) is 5.11 Å². The summed E-state index contributed by atoms with van der Waals surface area (Å²) in [6.07, 6.45) is 0.241. The second-order valence-corrected chi connectivity index (χ2v) is 6.94. The number of hydrogen-bond acceptors (Lipinski definition) is 3. The van der Waals surface area contributed by atoms with E-state index in [0.717, 1.165) is 9.87 Å². The highest BCUT2D eigenvalue weighted by atomic mass is 32.2. The van der Waals surface area contributed by atoms with Crippen LogP contribution in [0.25, 0.3) is 0 Å². The monoisotopic (exact) mass is 299 g/mol. The number of carboxylic acid groups (broad SMARTS) is 1. The van der Waals surface area contributed by atoms with E-state index in [1.165, 1.54) is 7.05 Å². The van der Waals surface area contributed by atoms with E-state index < -0.39 is 22.0 Å². The Balaban J connectivity index is 2.87. The van der Waals surface area contributed by atoms with Gasteiger partial charge in [-0.3, -0.25) is 4.79 Å². The van der Waals surface area contributed by atoms with Crippen molar-refractivity contribution in [2.75, 3.05) is 12.8 Å². The first-order chi connectivity index (χ1) is 9.29. The Hall–Kier alpha value is -1.40. The molecule has 6 heteroatoms. The second kappa shape index (κ2) is 6.85. The Morgan fingerprint density at radius 3 is 2.30 bits per heavy atom. The van der Waals surface area contributed by atoms with Crippen molar-refractivity contribution in [2.45, 2.75) is 32.2 Å². The SMILES string of the molecule is CCC(C(=O)O)N(C)S(=O)(=O)CC(C)c1ccccc1. The van der Waals surface area contributed by atoms with Gasteiger partial charge in [0.05, 0.1) is 5.75 Å². The number of carbonyl (C=O) groups is 1. The van der Waals surface area contributed by atoms with Gasteiger partial charge in [0.25, 0.3) is 0 Å². The summed E-state index contributed by atoms with van der Waals surface area (Å²) in [6, 6.07) is 8.31. The third-order valence-electron chi connectivity index (χ3n) is 3.38. The van der Waals surface area contributed by atoms with Crippen molar-refractivity contribution < 1.29 is 18.3 Å². The first-order valence-electron chi connectivity index (χ1n) is 6.53. The van der Waals surface area contributed by atoms with Crippen molar-refractivity contribution in [2.24, 2.45) is 0 Å². The third kappa shape index (κ3) is 4.05. The Labute approximate surface area is 120 Å². The molecule has 0 aliphatic heterocycles. The zero-order chi connectivity index (χ0) is 15.3. The van der Waals surface area contributed by atoms with E-state index in [1.807, 2.05) is 37.3 Å². The number of rotatable bonds is 7. The highest BCUT2D eigenvalue weighted by molar-refractivity contribution is 7.89. The van der Waals surface area contributed by atoms with Crippen LogP contribution in [-0.2, 0) is 14.8 Å². The highest BCUT2D eigenvalue weighted by Crippen LogP contribution is 2.19. The van der Waals surface area contributed by atoms with Crippen LogP contribution in [0.1, 0.15) is 31.7 Å². The predicted molar refractivity (Wildman–Crippen MR) is 78.1 cm³/mol. The average molecular weight is 299 g/mol. The van der Waals surface area contributed by atoms with E-state index in [1.54, 1.807) is 6.92 Å². The minimum absolute atomic E-state index is 0.0999. The molecular formula is C14H21NO4S. The lowest BCUT2D eigenvalue weighted by Crippen LogP contribution is -2.43. The van der Waals surface area contributed by atoms with Gasteiger partial charge >= 0.3 is 5.97 Å². The molecule has 0 saturated carbocycles. The van der Waals surface area contributed by atoms with Crippen LogP contribution < -0.4 is 0 Å². The number of sulfonamides is 1. The summed E-state index contributed by atoms with van der Waals surface area (Å²) < 4.78 is 25.5. The van der Waals surface area contributed by atoms with Crippen LogP contribution in [0.15, 0.2) is 30.3 Å². The Kier molecular flexibility index (Phi) is 5.71. The van der Waals surface area contributed by atoms with Gasteiger partial charge in [-0.1, -0.05) is 44.2 Å². The average Bonchev–Trinajstić information content (AvgIpc) is 2.39. The van der Waals surface area contributed by atoms with Gasteiger partial charge in [0.2, 0.25) is 10.0 Å². The summed E-state index contributed by atoms with van der Waals surface area (Å²) in [4.78, 5) is 11.1. The number of aliphatic carboxylic acids is 1. The Morgan fingerprint density at radius 2 is 1.85 bits per heavy atom. The van der Waals surface area contributed by atoms with E-state index in [2.05, 4.69) is 0 Å². The van der Waals surface area contributed by atoms with Crippen molar-refractivity contribution in [3.05, 3.63) is 35.9 Å². The molecule has 1 aromatic carbocycles. The quantitative estimate of drug-likeness (QED) is 0.834. The minimum Gasteiger partial charge on any atom is -0.480 e. The number of hydrogen-bond donors (Lipinski definition) is 1. The lowest BCUT2D eigenvalue weighted by atomic mass is 10.0. The normalized spacial score (nSPS) is 15.0. The van der Waals surface area contributed by atoms with Crippen LogP contribution in [0.2, 0.25) is 0 Å². The van der Waals surface area contributed by atoms with Crippen molar-refractivity contribution in [3.63, 3.8) is 0 Å². The largest absolute Gasteiger partial charge is 0.480 e. The lowest BCUT2D eigenvalue weighted by Gasteiger charge is -2.24. The maximum Gasteiger partial charge on any atom is 0.321 e. The molecule has 0 radical (unpaired) electrons. The zero-order valence-corrected chi connectivity index (χ0v) is 12.8. The number of carboxylic acids is 1. The van der Waals surface area contributed by atoms with E-state index in [0.29, 0.717) is 0 Å². The van der Waals surface area contributed by atoms with Crippen molar-refractivity contribution in [1.29, 1.82) is 0 Å². The predicted octanol–water partition coefficient (Wildman–Crippen LogP) is 1.91. The molecule has 0 aliphatic rings. The molecule has 2 unspecified atom stereocenters. The van der Waals surface area contributed by atoms with Crippen molar-refractivity contribution in [3.8, 4) is 0 Å². The first kappa shape index (κ1) is 16.7.